The van der Waals surface area contributed by atoms with E-state index in [1.807, 2.05) is 0 Å². The minimum absolute atomic E-state index is 0.109. The first kappa shape index (κ1) is 15.4. The van der Waals surface area contributed by atoms with Crippen LogP contribution in [0.3, 0.4) is 0 Å². The van der Waals surface area contributed by atoms with Gasteiger partial charge in [0.05, 0.1) is 11.5 Å². The molecule has 1 aliphatic heterocycles. The maximum Gasteiger partial charge on any atom is 0.297 e. The molecule has 0 amide bonds. The third-order valence-corrected chi connectivity index (χ3v) is 4.32. The van der Waals surface area contributed by atoms with Gasteiger partial charge in [-0.05, 0) is 19.1 Å². The van der Waals surface area contributed by atoms with Crippen molar-refractivity contribution in [1.82, 2.24) is 0 Å². The number of hydrogen-bond donors (Lipinski definition) is 3. The maximum atomic E-state index is 12.0. The molecule has 1 saturated heterocycles. The van der Waals surface area contributed by atoms with E-state index in [0.29, 0.717) is 0 Å². The van der Waals surface area contributed by atoms with E-state index in [1.165, 1.54) is 12.1 Å². The number of aliphatic hydroxyl groups is 3. The molecule has 7 nitrogen and oxygen atoms in total. The second-order valence-corrected chi connectivity index (χ2v) is 6.18. The van der Waals surface area contributed by atoms with E-state index >= 15 is 0 Å². The van der Waals surface area contributed by atoms with Crippen LogP contribution in [-0.2, 0) is 19.0 Å². The van der Waals surface area contributed by atoms with Gasteiger partial charge in [0.15, 0.2) is 12.4 Å². The second-order valence-electron chi connectivity index (χ2n) is 4.61. The van der Waals surface area contributed by atoms with Gasteiger partial charge < -0.3 is 20.1 Å². The Labute approximate surface area is 116 Å². The van der Waals surface area contributed by atoms with Gasteiger partial charge in [-0.2, -0.15) is 8.42 Å². The minimum atomic E-state index is -4.18. The Bertz CT molecular complexity index is 554. The topological polar surface area (TPSA) is 113 Å². The lowest BCUT2D eigenvalue weighted by Crippen LogP contribution is -2.54. The fourth-order valence-corrected chi connectivity index (χ4v) is 2.87. The van der Waals surface area contributed by atoms with E-state index in [2.05, 4.69) is 0 Å². The Morgan fingerprint density at radius 1 is 1.20 bits per heavy atom. The molecular weight excluding hydrogens is 288 g/mol. The number of aliphatic hydroxyl groups excluding tert-OH is 3. The van der Waals surface area contributed by atoms with Gasteiger partial charge in [0.1, 0.15) is 12.2 Å². The van der Waals surface area contributed by atoms with E-state index in [1.54, 1.807) is 19.1 Å². The van der Waals surface area contributed by atoms with E-state index in [-0.39, 0.29) is 11.5 Å². The number of benzene rings is 1. The quantitative estimate of drug-likeness (QED) is 0.623. The van der Waals surface area contributed by atoms with Gasteiger partial charge in [0, 0.05) is 0 Å². The van der Waals surface area contributed by atoms with Crippen LogP contribution in [0.1, 0.15) is 5.56 Å². The molecule has 0 spiro atoms. The minimum Gasteiger partial charge on any atom is -0.388 e. The van der Waals surface area contributed by atoms with Crippen LogP contribution in [0.4, 0.5) is 0 Å². The van der Waals surface area contributed by atoms with Crippen molar-refractivity contribution in [2.75, 3.05) is 6.61 Å². The molecule has 0 aliphatic carbocycles. The molecule has 0 bridgehead atoms. The monoisotopic (exact) mass is 304 g/mol. The number of rotatable bonds is 3. The van der Waals surface area contributed by atoms with Crippen LogP contribution in [0.25, 0.3) is 0 Å². The summed E-state index contributed by atoms with van der Waals surface area (Å²) in [6.45, 7) is 1.50. The first-order chi connectivity index (χ1) is 9.31. The third-order valence-electron chi connectivity index (χ3n) is 3.00. The Hall–Kier alpha value is -1.03. The molecule has 0 saturated carbocycles. The molecule has 112 valence electrons. The summed E-state index contributed by atoms with van der Waals surface area (Å²) in [4.78, 5) is -0.109. The smallest absolute Gasteiger partial charge is 0.297 e. The van der Waals surface area contributed by atoms with E-state index in [0.717, 1.165) is 5.56 Å². The summed E-state index contributed by atoms with van der Waals surface area (Å²) in [5.41, 5.74) is 0.875. The highest BCUT2D eigenvalue weighted by molar-refractivity contribution is 7.86. The summed E-state index contributed by atoms with van der Waals surface area (Å²) in [7, 11) is -4.18. The molecule has 1 heterocycles. The van der Waals surface area contributed by atoms with E-state index < -0.39 is 34.7 Å². The van der Waals surface area contributed by atoms with Crippen LogP contribution >= 0.6 is 0 Å². The fourth-order valence-electron chi connectivity index (χ4n) is 1.79. The molecule has 1 fully saturated rings. The summed E-state index contributed by atoms with van der Waals surface area (Å²) in [5.74, 6) is 0. The van der Waals surface area contributed by atoms with Gasteiger partial charge in [-0.15, -0.1) is 0 Å². The van der Waals surface area contributed by atoms with Crippen molar-refractivity contribution in [3.63, 3.8) is 0 Å². The number of ether oxygens (including phenoxy) is 1. The van der Waals surface area contributed by atoms with Crippen molar-refractivity contribution < 1.29 is 32.7 Å². The molecule has 1 aromatic carbocycles. The van der Waals surface area contributed by atoms with E-state index in [4.69, 9.17) is 8.92 Å². The van der Waals surface area contributed by atoms with Crippen LogP contribution < -0.4 is 0 Å². The van der Waals surface area contributed by atoms with Crippen LogP contribution in [0, 0.1) is 6.92 Å². The van der Waals surface area contributed by atoms with Gasteiger partial charge in [0.2, 0.25) is 0 Å². The highest BCUT2D eigenvalue weighted by Gasteiger charge is 2.41. The molecule has 4 atom stereocenters. The van der Waals surface area contributed by atoms with Gasteiger partial charge >= 0.3 is 0 Å². The molecule has 2 rings (SSSR count). The molecule has 8 heteroatoms. The van der Waals surface area contributed by atoms with E-state index in [9.17, 15) is 23.7 Å². The molecule has 1 aliphatic rings. The second kappa shape index (κ2) is 5.76. The van der Waals surface area contributed by atoms with Gasteiger partial charge in [-0.1, -0.05) is 17.7 Å². The average molecular weight is 304 g/mol. The number of hydrogen-bond acceptors (Lipinski definition) is 7. The zero-order chi connectivity index (χ0) is 14.9. The van der Waals surface area contributed by atoms with Crippen LogP contribution in [0.5, 0.6) is 0 Å². The lowest BCUT2D eigenvalue weighted by atomic mass is 10.1. The normalized spacial score (nSPS) is 31.2. The van der Waals surface area contributed by atoms with Crippen molar-refractivity contribution in [2.24, 2.45) is 0 Å². The Morgan fingerprint density at radius 3 is 2.40 bits per heavy atom. The highest BCUT2D eigenvalue weighted by Crippen LogP contribution is 2.22. The molecule has 20 heavy (non-hydrogen) atoms. The molecule has 0 aromatic heterocycles. The lowest BCUT2D eigenvalue weighted by molar-refractivity contribution is -0.244. The van der Waals surface area contributed by atoms with Gasteiger partial charge in [-0.25, -0.2) is 0 Å². The average Bonchev–Trinajstić information content (AvgIpc) is 2.40. The van der Waals surface area contributed by atoms with Crippen molar-refractivity contribution in [2.45, 2.75) is 36.4 Å². The highest BCUT2D eigenvalue weighted by atomic mass is 32.2. The Morgan fingerprint density at radius 2 is 1.80 bits per heavy atom. The summed E-state index contributed by atoms with van der Waals surface area (Å²) in [5, 5.41) is 28.6. The molecule has 0 radical (unpaired) electrons. The lowest BCUT2D eigenvalue weighted by Gasteiger charge is -2.34. The van der Waals surface area contributed by atoms with Crippen molar-refractivity contribution in [1.29, 1.82) is 0 Å². The van der Waals surface area contributed by atoms with Crippen molar-refractivity contribution >= 4 is 10.1 Å². The summed E-state index contributed by atoms with van der Waals surface area (Å²) >= 11 is 0. The standard InChI is InChI=1S/C12H16O7S/c1-7-2-4-8(5-3-7)20(16,17)19-11-10(14)9(13)6-18-12(11)15/h2-5,9-15H,6H2,1H3/t9-,10-,11+,12-/m1/s1. The fraction of sp³-hybridized carbons (Fsp3) is 0.500. The zero-order valence-corrected chi connectivity index (χ0v) is 11.5. The summed E-state index contributed by atoms with van der Waals surface area (Å²) in [6.07, 6.45) is -6.09. The molecule has 0 unspecified atom stereocenters. The SMILES string of the molecule is Cc1ccc(S(=O)(=O)O[C@H]2[C@H](O)[C@H](O)CO[C@H]2O)cc1. The predicted molar refractivity (Wildman–Crippen MR) is 67.2 cm³/mol. The summed E-state index contributed by atoms with van der Waals surface area (Å²) in [6, 6.07) is 5.89. The third kappa shape index (κ3) is 3.17. The maximum absolute atomic E-state index is 12.0. The van der Waals surface area contributed by atoms with Gasteiger partial charge in [-0.3, -0.25) is 4.18 Å². The predicted octanol–water partition coefficient (Wildman–Crippen LogP) is -0.861. The Balaban J connectivity index is 2.20. The van der Waals surface area contributed by atoms with Gasteiger partial charge in [0.25, 0.3) is 10.1 Å². The number of aryl methyl sites for hydroxylation is 1. The Kier molecular flexibility index (Phi) is 4.43. The zero-order valence-electron chi connectivity index (χ0n) is 10.7. The van der Waals surface area contributed by atoms with Crippen LogP contribution in [0.15, 0.2) is 29.2 Å². The largest absolute Gasteiger partial charge is 0.388 e. The first-order valence-corrected chi connectivity index (χ1v) is 7.38. The molecular formula is C12H16O7S. The van der Waals surface area contributed by atoms with Crippen molar-refractivity contribution in [3.05, 3.63) is 29.8 Å². The molecule has 3 N–H and O–H groups in total. The van der Waals surface area contributed by atoms with Crippen molar-refractivity contribution in [3.8, 4) is 0 Å². The molecule has 1 aromatic rings. The van der Waals surface area contributed by atoms with Crippen LogP contribution in [0.2, 0.25) is 0 Å². The van der Waals surface area contributed by atoms with Crippen LogP contribution in [-0.4, -0.2) is 54.9 Å². The first-order valence-electron chi connectivity index (χ1n) is 5.97. The summed E-state index contributed by atoms with van der Waals surface area (Å²) < 4.78 is 33.6.